The van der Waals surface area contributed by atoms with Crippen LogP contribution in [0.1, 0.15) is 11.1 Å². The molecule has 0 radical (unpaired) electrons. The van der Waals surface area contributed by atoms with E-state index in [9.17, 15) is 5.11 Å². The van der Waals surface area contributed by atoms with Gasteiger partial charge in [-0.2, -0.15) is 0 Å². The average molecular weight is 198 g/mol. The summed E-state index contributed by atoms with van der Waals surface area (Å²) >= 11 is 1.64. The minimum absolute atomic E-state index is 0.121. The molecule has 0 heterocycles. The summed E-state index contributed by atoms with van der Waals surface area (Å²) in [5, 5.41) is 18.3. The minimum atomic E-state index is 0.121. The lowest BCUT2D eigenvalue weighted by Gasteiger charge is -2.08. The van der Waals surface area contributed by atoms with Crippen molar-refractivity contribution in [2.24, 2.45) is 0 Å². The van der Waals surface area contributed by atoms with E-state index in [-0.39, 0.29) is 6.61 Å². The summed E-state index contributed by atoms with van der Waals surface area (Å²) in [6, 6.07) is 3.68. The maximum atomic E-state index is 9.46. The highest BCUT2D eigenvalue weighted by atomic mass is 32.2. The zero-order chi connectivity index (χ0) is 9.84. The van der Waals surface area contributed by atoms with Gasteiger partial charge < -0.3 is 10.2 Å². The molecule has 2 N–H and O–H groups in total. The Morgan fingerprint density at radius 2 is 2.08 bits per heavy atom. The number of phenols is 1. The second-order valence-corrected chi connectivity index (χ2v) is 3.77. The van der Waals surface area contributed by atoms with Crippen LogP contribution in [0.2, 0.25) is 0 Å². The van der Waals surface area contributed by atoms with Gasteiger partial charge in [-0.05, 0) is 42.9 Å². The molecular formula is C10H14O2S. The van der Waals surface area contributed by atoms with E-state index in [0.717, 1.165) is 16.0 Å². The van der Waals surface area contributed by atoms with Gasteiger partial charge in [0.2, 0.25) is 0 Å². The Bertz CT molecular complexity index is 297. The van der Waals surface area contributed by atoms with Crippen molar-refractivity contribution in [3.63, 3.8) is 0 Å². The molecule has 0 aliphatic heterocycles. The van der Waals surface area contributed by atoms with Gasteiger partial charge in [-0.25, -0.2) is 0 Å². The standard InChI is InChI=1S/C10H14O2S/c1-7-5-10(13-2)8(3-4-11)6-9(7)12/h5-6,11-12H,3-4H2,1-2H3. The second kappa shape index (κ2) is 4.53. The van der Waals surface area contributed by atoms with Gasteiger partial charge in [-0.1, -0.05) is 0 Å². The molecule has 0 spiro atoms. The number of aromatic hydroxyl groups is 1. The molecule has 0 amide bonds. The van der Waals surface area contributed by atoms with E-state index in [1.165, 1.54) is 0 Å². The van der Waals surface area contributed by atoms with Crippen molar-refractivity contribution >= 4 is 11.8 Å². The van der Waals surface area contributed by atoms with Crippen LogP contribution in [0.3, 0.4) is 0 Å². The topological polar surface area (TPSA) is 40.5 Å². The smallest absolute Gasteiger partial charge is 0.118 e. The summed E-state index contributed by atoms with van der Waals surface area (Å²) in [6.07, 6.45) is 2.59. The minimum Gasteiger partial charge on any atom is -0.508 e. The molecule has 2 nitrogen and oxygen atoms in total. The number of hydrogen-bond acceptors (Lipinski definition) is 3. The molecule has 0 atom stereocenters. The number of aryl methyl sites for hydroxylation is 1. The largest absolute Gasteiger partial charge is 0.508 e. The van der Waals surface area contributed by atoms with Crippen LogP contribution in [0.25, 0.3) is 0 Å². The summed E-state index contributed by atoms with van der Waals surface area (Å²) in [5.41, 5.74) is 1.89. The van der Waals surface area contributed by atoms with Gasteiger partial charge in [0.05, 0.1) is 0 Å². The van der Waals surface area contributed by atoms with Crippen LogP contribution in [0.5, 0.6) is 5.75 Å². The Morgan fingerprint density at radius 3 is 2.62 bits per heavy atom. The number of hydrogen-bond donors (Lipinski definition) is 2. The monoisotopic (exact) mass is 198 g/mol. The van der Waals surface area contributed by atoms with Crippen molar-refractivity contribution < 1.29 is 10.2 Å². The normalized spacial score (nSPS) is 10.4. The maximum Gasteiger partial charge on any atom is 0.118 e. The number of benzene rings is 1. The first kappa shape index (κ1) is 10.4. The molecule has 0 aliphatic carbocycles. The van der Waals surface area contributed by atoms with Gasteiger partial charge in [0, 0.05) is 11.5 Å². The zero-order valence-corrected chi connectivity index (χ0v) is 8.69. The highest BCUT2D eigenvalue weighted by Gasteiger charge is 2.05. The molecule has 0 saturated carbocycles. The van der Waals surface area contributed by atoms with Crippen molar-refractivity contribution in [1.29, 1.82) is 0 Å². The highest BCUT2D eigenvalue weighted by molar-refractivity contribution is 7.98. The van der Waals surface area contributed by atoms with Crippen molar-refractivity contribution in [3.8, 4) is 5.75 Å². The van der Waals surface area contributed by atoms with Gasteiger partial charge in [0.25, 0.3) is 0 Å². The summed E-state index contributed by atoms with van der Waals surface area (Å²) in [6.45, 7) is 1.99. The third kappa shape index (κ3) is 2.39. The fraction of sp³-hybridized carbons (Fsp3) is 0.400. The predicted molar refractivity (Wildman–Crippen MR) is 55.4 cm³/mol. The van der Waals surface area contributed by atoms with E-state index in [4.69, 9.17) is 5.11 Å². The number of phenolic OH excluding ortho intramolecular Hbond substituents is 1. The van der Waals surface area contributed by atoms with E-state index in [2.05, 4.69) is 0 Å². The molecule has 72 valence electrons. The van der Waals surface area contributed by atoms with Crippen molar-refractivity contribution in [1.82, 2.24) is 0 Å². The summed E-state index contributed by atoms with van der Waals surface area (Å²) in [5.74, 6) is 0.307. The fourth-order valence-electron chi connectivity index (χ4n) is 1.22. The van der Waals surface area contributed by atoms with Crippen LogP contribution in [-0.2, 0) is 6.42 Å². The second-order valence-electron chi connectivity index (χ2n) is 2.92. The molecule has 0 saturated heterocycles. The number of aliphatic hydroxyl groups excluding tert-OH is 1. The lowest BCUT2D eigenvalue weighted by molar-refractivity contribution is 0.298. The van der Waals surface area contributed by atoms with E-state index < -0.39 is 0 Å². The van der Waals surface area contributed by atoms with Gasteiger partial charge in [0.15, 0.2) is 0 Å². The van der Waals surface area contributed by atoms with E-state index in [1.807, 2.05) is 19.2 Å². The van der Waals surface area contributed by atoms with Crippen molar-refractivity contribution in [3.05, 3.63) is 23.3 Å². The highest BCUT2D eigenvalue weighted by Crippen LogP contribution is 2.28. The first-order chi connectivity index (χ1) is 6.19. The van der Waals surface area contributed by atoms with Crippen LogP contribution in [0.4, 0.5) is 0 Å². The van der Waals surface area contributed by atoms with Crippen LogP contribution in [0, 0.1) is 6.92 Å². The van der Waals surface area contributed by atoms with Crippen LogP contribution in [0.15, 0.2) is 17.0 Å². The Balaban J connectivity index is 3.09. The van der Waals surface area contributed by atoms with E-state index in [1.54, 1.807) is 17.8 Å². The van der Waals surface area contributed by atoms with Crippen LogP contribution < -0.4 is 0 Å². The molecule has 0 bridgehead atoms. The molecule has 1 aromatic carbocycles. The molecule has 0 aromatic heterocycles. The molecule has 13 heavy (non-hydrogen) atoms. The third-order valence-electron chi connectivity index (χ3n) is 1.98. The van der Waals surface area contributed by atoms with Crippen molar-refractivity contribution in [2.75, 3.05) is 12.9 Å². The zero-order valence-electron chi connectivity index (χ0n) is 7.87. The Morgan fingerprint density at radius 1 is 1.38 bits per heavy atom. The van der Waals surface area contributed by atoms with E-state index in [0.29, 0.717) is 12.2 Å². The quantitative estimate of drug-likeness (QED) is 0.729. The van der Waals surface area contributed by atoms with Crippen LogP contribution in [-0.4, -0.2) is 23.1 Å². The summed E-state index contributed by atoms with van der Waals surface area (Å²) in [7, 11) is 0. The summed E-state index contributed by atoms with van der Waals surface area (Å²) < 4.78 is 0. The molecule has 1 aromatic rings. The average Bonchev–Trinajstić information content (AvgIpc) is 2.11. The van der Waals surface area contributed by atoms with Crippen molar-refractivity contribution in [2.45, 2.75) is 18.2 Å². The molecular weight excluding hydrogens is 184 g/mol. The van der Waals surface area contributed by atoms with Gasteiger partial charge in [-0.3, -0.25) is 0 Å². The summed E-state index contributed by atoms with van der Waals surface area (Å²) in [4.78, 5) is 1.13. The molecule has 1 rings (SSSR count). The Labute approximate surface area is 82.6 Å². The SMILES string of the molecule is CSc1cc(C)c(O)cc1CCO. The van der Waals surface area contributed by atoms with Gasteiger partial charge >= 0.3 is 0 Å². The van der Waals surface area contributed by atoms with E-state index >= 15 is 0 Å². The maximum absolute atomic E-state index is 9.46. The fourth-order valence-corrected chi connectivity index (χ4v) is 1.94. The van der Waals surface area contributed by atoms with Crippen LogP contribution >= 0.6 is 11.8 Å². The Kier molecular flexibility index (Phi) is 3.63. The molecule has 3 heteroatoms. The lowest BCUT2D eigenvalue weighted by Crippen LogP contribution is -1.94. The third-order valence-corrected chi connectivity index (χ3v) is 2.80. The number of rotatable bonds is 3. The van der Waals surface area contributed by atoms with Gasteiger partial charge in [-0.15, -0.1) is 11.8 Å². The molecule has 0 aliphatic rings. The Hall–Kier alpha value is -0.670. The number of aliphatic hydroxyl groups is 1. The first-order valence-corrected chi connectivity index (χ1v) is 5.39. The predicted octanol–water partition coefficient (Wildman–Crippen LogP) is 1.96. The number of thioether (sulfide) groups is 1. The molecule has 0 fully saturated rings. The first-order valence-electron chi connectivity index (χ1n) is 4.16. The van der Waals surface area contributed by atoms with Gasteiger partial charge in [0.1, 0.15) is 5.75 Å². The molecule has 0 unspecified atom stereocenters. The lowest BCUT2D eigenvalue weighted by atomic mass is 10.1.